The number of thiophene rings is 1. The van der Waals surface area contributed by atoms with Crippen molar-refractivity contribution in [3.05, 3.63) is 48.3 Å². The topological polar surface area (TPSA) is 34.9 Å². The van der Waals surface area contributed by atoms with Crippen LogP contribution in [0.3, 0.4) is 0 Å². The van der Waals surface area contributed by atoms with E-state index in [-0.39, 0.29) is 5.56 Å². The summed E-state index contributed by atoms with van der Waals surface area (Å²) in [6.45, 7) is 2.46. The highest BCUT2D eigenvalue weighted by Gasteiger charge is 2.05. The van der Waals surface area contributed by atoms with Gasteiger partial charge in [-0.3, -0.25) is 9.36 Å². The molecule has 2 aromatic rings. The number of rotatable bonds is 2. The minimum Gasteiger partial charge on any atom is -0.293 e. The molecule has 0 aliphatic rings. The van der Waals surface area contributed by atoms with Crippen LogP contribution in [0.15, 0.2) is 28.6 Å². The fourth-order valence-corrected chi connectivity index (χ4v) is 2.38. The third-order valence-electron chi connectivity index (χ3n) is 2.06. The number of hydrogen-bond donors (Lipinski definition) is 0. The highest BCUT2D eigenvalue weighted by molar-refractivity contribution is 14.1. The van der Waals surface area contributed by atoms with Gasteiger partial charge in [-0.05, 0) is 41.0 Å². The van der Waals surface area contributed by atoms with E-state index < -0.39 is 0 Å². The molecule has 2 heterocycles. The van der Waals surface area contributed by atoms with Crippen LogP contribution in [0.5, 0.6) is 0 Å². The molecule has 0 atom stereocenters. The van der Waals surface area contributed by atoms with Crippen molar-refractivity contribution in [2.24, 2.45) is 0 Å². The molecule has 0 saturated heterocycles. The molecule has 0 saturated carbocycles. The van der Waals surface area contributed by atoms with Crippen LogP contribution in [0.1, 0.15) is 10.6 Å². The van der Waals surface area contributed by atoms with Gasteiger partial charge >= 0.3 is 0 Å². The van der Waals surface area contributed by atoms with Gasteiger partial charge in [0, 0.05) is 4.88 Å². The molecule has 0 fully saturated rings. The number of halogens is 1. The summed E-state index contributed by atoms with van der Waals surface area (Å²) in [5.41, 5.74) is 0.833. The van der Waals surface area contributed by atoms with E-state index in [2.05, 4.69) is 4.98 Å². The first-order valence-corrected chi connectivity index (χ1v) is 6.38. The Balaban J connectivity index is 2.38. The van der Waals surface area contributed by atoms with Gasteiger partial charge in [-0.15, -0.1) is 11.3 Å². The standard InChI is InChI=1S/C10H9IN2OS/c1-7-9(11)10(14)13(6-12-7)5-8-3-2-4-15-8/h2-4,6H,5H2,1H3. The molecular weight excluding hydrogens is 323 g/mol. The second-order valence-corrected chi connectivity index (χ2v) is 5.27. The Morgan fingerprint density at radius 3 is 3.07 bits per heavy atom. The van der Waals surface area contributed by atoms with Crippen LogP contribution in [0.25, 0.3) is 0 Å². The first-order chi connectivity index (χ1) is 7.18. The highest BCUT2D eigenvalue weighted by Crippen LogP contribution is 2.10. The quantitative estimate of drug-likeness (QED) is 0.791. The van der Waals surface area contributed by atoms with Gasteiger partial charge in [0.05, 0.1) is 22.1 Å². The van der Waals surface area contributed by atoms with Gasteiger partial charge in [0.15, 0.2) is 0 Å². The zero-order chi connectivity index (χ0) is 10.8. The Morgan fingerprint density at radius 2 is 2.40 bits per heavy atom. The highest BCUT2D eigenvalue weighted by atomic mass is 127. The van der Waals surface area contributed by atoms with Crippen molar-refractivity contribution >= 4 is 33.9 Å². The Kier molecular flexibility index (Phi) is 3.20. The van der Waals surface area contributed by atoms with Crippen molar-refractivity contribution in [2.45, 2.75) is 13.5 Å². The van der Waals surface area contributed by atoms with Gasteiger partial charge < -0.3 is 0 Å². The summed E-state index contributed by atoms with van der Waals surface area (Å²) in [6, 6.07) is 4.00. The molecule has 2 rings (SSSR count). The number of hydrogen-bond acceptors (Lipinski definition) is 3. The third-order valence-corrected chi connectivity index (χ3v) is 4.17. The molecule has 0 unspecified atom stereocenters. The van der Waals surface area contributed by atoms with Gasteiger partial charge in [-0.2, -0.15) is 0 Å². The van der Waals surface area contributed by atoms with Crippen molar-refractivity contribution in [3.8, 4) is 0 Å². The van der Waals surface area contributed by atoms with Crippen molar-refractivity contribution in [1.82, 2.24) is 9.55 Å². The average Bonchev–Trinajstić information content (AvgIpc) is 2.72. The monoisotopic (exact) mass is 332 g/mol. The fraction of sp³-hybridized carbons (Fsp3) is 0.200. The van der Waals surface area contributed by atoms with E-state index in [1.54, 1.807) is 22.2 Å². The summed E-state index contributed by atoms with van der Waals surface area (Å²) in [4.78, 5) is 17.2. The first-order valence-electron chi connectivity index (χ1n) is 4.42. The lowest BCUT2D eigenvalue weighted by Crippen LogP contribution is -2.24. The molecule has 0 spiro atoms. The van der Waals surface area contributed by atoms with Crippen LogP contribution < -0.4 is 5.56 Å². The zero-order valence-corrected chi connectivity index (χ0v) is 11.1. The van der Waals surface area contributed by atoms with E-state index in [0.29, 0.717) is 10.1 Å². The van der Waals surface area contributed by atoms with Gasteiger partial charge in [0.2, 0.25) is 0 Å². The smallest absolute Gasteiger partial charge is 0.267 e. The minimum atomic E-state index is 0.0384. The van der Waals surface area contributed by atoms with Crippen LogP contribution in [0, 0.1) is 10.5 Å². The second kappa shape index (κ2) is 4.44. The fourth-order valence-electron chi connectivity index (χ4n) is 1.23. The molecular formula is C10H9IN2OS. The van der Waals surface area contributed by atoms with Crippen molar-refractivity contribution < 1.29 is 0 Å². The molecule has 0 N–H and O–H groups in total. The third kappa shape index (κ3) is 2.28. The Labute approximate surface area is 105 Å². The molecule has 3 nitrogen and oxygen atoms in total. The predicted molar refractivity (Wildman–Crippen MR) is 69.4 cm³/mol. The van der Waals surface area contributed by atoms with Crippen LogP contribution in [-0.2, 0) is 6.54 Å². The molecule has 0 aromatic carbocycles. The van der Waals surface area contributed by atoms with Crippen LogP contribution >= 0.6 is 33.9 Å². The lowest BCUT2D eigenvalue weighted by Gasteiger charge is -2.04. The summed E-state index contributed by atoms with van der Waals surface area (Å²) in [5.74, 6) is 0. The average molecular weight is 332 g/mol. The zero-order valence-electron chi connectivity index (χ0n) is 8.11. The van der Waals surface area contributed by atoms with Gasteiger partial charge in [-0.25, -0.2) is 4.98 Å². The molecule has 15 heavy (non-hydrogen) atoms. The number of nitrogens with zero attached hydrogens (tertiary/aromatic N) is 2. The van der Waals surface area contributed by atoms with E-state index in [0.717, 1.165) is 5.69 Å². The maximum Gasteiger partial charge on any atom is 0.267 e. The van der Waals surface area contributed by atoms with Crippen molar-refractivity contribution in [1.29, 1.82) is 0 Å². The van der Waals surface area contributed by atoms with E-state index in [9.17, 15) is 4.79 Å². The van der Waals surface area contributed by atoms with Gasteiger partial charge in [0.1, 0.15) is 0 Å². The van der Waals surface area contributed by atoms with Crippen molar-refractivity contribution in [2.75, 3.05) is 0 Å². The summed E-state index contributed by atoms with van der Waals surface area (Å²) in [5, 5.41) is 2.01. The molecule has 0 radical (unpaired) electrons. The van der Waals surface area contributed by atoms with Gasteiger partial charge in [-0.1, -0.05) is 6.07 Å². The maximum absolute atomic E-state index is 11.8. The number of aromatic nitrogens is 2. The van der Waals surface area contributed by atoms with Crippen LogP contribution in [-0.4, -0.2) is 9.55 Å². The SMILES string of the molecule is Cc1ncn(Cc2cccs2)c(=O)c1I. The largest absolute Gasteiger partial charge is 0.293 e. The minimum absolute atomic E-state index is 0.0384. The van der Waals surface area contributed by atoms with Crippen molar-refractivity contribution in [3.63, 3.8) is 0 Å². The second-order valence-electron chi connectivity index (χ2n) is 3.16. The summed E-state index contributed by atoms with van der Waals surface area (Å²) in [7, 11) is 0. The molecule has 0 aliphatic carbocycles. The summed E-state index contributed by atoms with van der Waals surface area (Å²) >= 11 is 3.69. The van der Waals surface area contributed by atoms with Crippen LogP contribution in [0.2, 0.25) is 0 Å². The molecule has 0 amide bonds. The normalized spacial score (nSPS) is 10.5. The Morgan fingerprint density at radius 1 is 1.60 bits per heavy atom. The first kappa shape index (κ1) is 10.8. The van der Waals surface area contributed by atoms with E-state index in [1.165, 1.54) is 4.88 Å². The molecule has 78 valence electrons. The van der Waals surface area contributed by atoms with E-state index in [4.69, 9.17) is 0 Å². The lowest BCUT2D eigenvalue weighted by atomic mass is 10.4. The molecule has 2 aromatic heterocycles. The van der Waals surface area contributed by atoms with E-state index in [1.807, 2.05) is 47.0 Å². The van der Waals surface area contributed by atoms with Gasteiger partial charge in [0.25, 0.3) is 5.56 Å². The molecule has 5 heteroatoms. The maximum atomic E-state index is 11.8. The van der Waals surface area contributed by atoms with E-state index >= 15 is 0 Å². The number of aryl methyl sites for hydroxylation is 1. The molecule has 0 bridgehead atoms. The Bertz CT molecular complexity index is 519. The lowest BCUT2D eigenvalue weighted by molar-refractivity contribution is 0.732. The summed E-state index contributed by atoms with van der Waals surface area (Å²) < 4.78 is 2.34. The van der Waals surface area contributed by atoms with Crippen LogP contribution in [0.4, 0.5) is 0 Å². The molecule has 0 aliphatic heterocycles. The summed E-state index contributed by atoms with van der Waals surface area (Å²) in [6.07, 6.45) is 1.61. The Hall–Kier alpha value is -0.690. The predicted octanol–water partition coefficient (Wildman–Crippen LogP) is 2.27.